The highest BCUT2D eigenvalue weighted by atomic mass is 79.9. The van der Waals surface area contributed by atoms with Gasteiger partial charge in [0.1, 0.15) is 29.0 Å². The molecule has 6 aromatic carbocycles. The molecule has 6 aromatic rings. The van der Waals surface area contributed by atoms with Crippen LogP contribution in [0.25, 0.3) is 0 Å². The first kappa shape index (κ1) is 36.5. The van der Waals surface area contributed by atoms with Crippen LogP contribution in [0.15, 0.2) is 205 Å². The van der Waals surface area contributed by atoms with E-state index < -0.39 is 43.0 Å². The van der Waals surface area contributed by atoms with Crippen LogP contribution in [0.1, 0.15) is 0 Å². The Hall–Kier alpha value is -4.34. The van der Waals surface area contributed by atoms with Crippen molar-refractivity contribution >= 4 is 51.8 Å². The van der Waals surface area contributed by atoms with Gasteiger partial charge >= 0.3 is 11.8 Å². The Morgan fingerprint density at radius 2 is 0.725 bits per heavy atom. The highest BCUT2D eigenvalue weighted by Crippen LogP contribution is 2.64. The lowest BCUT2D eigenvalue weighted by molar-refractivity contribution is -0.147. The van der Waals surface area contributed by atoms with Gasteiger partial charge in [-0.3, -0.25) is 0 Å². The Morgan fingerprint density at radius 3 is 1.04 bits per heavy atom. The Kier molecular flexibility index (Phi) is 10.5. The number of hydrogen-bond donors (Lipinski definition) is 0. The number of rotatable bonds is 8. The molecule has 0 aromatic heterocycles. The minimum Gasteiger partial charge on any atom is -1.00 e. The smallest absolute Gasteiger partial charge is 0.345 e. The van der Waals surface area contributed by atoms with Gasteiger partial charge in [0.15, 0.2) is 0 Å². The van der Waals surface area contributed by atoms with E-state index in [4.69, 9.17) is 0 Å². The highest BCUT2D eigenvalue weighted by Gasteiger charge is 2.69. The van der Waals surface area contributed by atoms with Gasteiger partial charge in [0.25, 0.3) is 0 Å². The largest absolute Gasteiger partial charge is 1.00 e. The summed E-state index contributed by atoms with van der Waals surface area (Å²) in [4.78, 5) is 0. The van der Waals surface area contributed by atoms with Crippen LogP contribution in [0.4, 0.5) is 22.0 Å². The summed E-state index contributed by atoms with van der Waals surface area (Å²) in [6.45, 7) is -3.28. The Morgan fingerprint density at radius 1 is 0.431 bits per heavy atom. The zero-order valence-electron chi connectivity index (χ0n) is 27.1. The average molecular weight is 786 g/mol. The van der Waals surface area contributed by atoms with Gasteiger partial charge in [-0.15, -0.1) is 0 Å². The lowest BCUT2D eigenvalue weighted by Crippen LogP contribution is -3.00. The molecule has 51 heavy (non-hydrogen) atoms. The van der Waals surface area contributed by atoms with Crippen LogP contribution >= 0.6 is 14.1 Å². The number of benzene rings is 6. The normalized spacial score (nSPS) is 16.1. The molecule has 0 unspecified atom stereocenters. The molecule has 0 nitrogen and oxygen atoms in total. The van der Waals surface area contributed by atoms with E-state index in [0.29, 0.717) is 31.8 Å². The van der Waals surface area contributed by atoms with Crippen LogP contribution in [-0.2, 0) is 0 Å². The van der Waals surface area contributed by atoms with Crippen molar-refractivity contribution in [3.63, 3.8) is 0 Å². The molecule has 0 heterocycles. The molecule has 0 N–H and O–H groups in total. The third-order valence-corrected chi connectivity index (χ3v) is 17.1. The van der Waals surface area contributed by atoms with E-state index in [0.717, 1.165) is 11.6 Å². The van der Waals surface area contributed by atoms with Crippen LogP contribution < -0.4 is 48.8 Å². The fourth-order valence-electron chi connectivity index (χ4n) is 6.74. The van der Waals surface area contributed by atoms with E-state index in [9.17, 15) is 0 Å². The molecule has 0 saturated carbocycles. The minimum absolute atomic E-state index is 0. The fourth-order valence-corrected chi connectivity index (χ4v) is 14.6. The van der Waals surface area contributed by atoms with Crippen molar-refractivity contribution in [2.24, 2.45) is 0 Å². The summed E-state index contributed by atoms with van der Waals surface area (Å²) < 4.78 is 83.9. The van der Waals surface area contributed by atoms with Crippen LogP contribution in [0.5, 0.6) is 0 Å². The lowest BCUT2D eigenvalue weighted by Gasteiger charge is -2.30. The molecular formula is C43H32BrF5P2. The highest BCUT2D eigenvalue weighted by molar-refractivity contribution is 7.98. The number of allylic oxidation sites excluding steroid dienone is 3. The number of hydrogen-bond acceptors (Lipinski definition) is 0. The van der Waals surface area contributed by atoms with Crippen molar-refractivity contribution in [2.45, 2.75) is 11.8 Å². The molecule has 0 atom stereocenters. The van der Waals surface area contributed by atoms with Gasteiger partial charge in [-0.2, -0.15) is 17.6 Å². The van der Waals surface area contributed by atoms with E-state index in [1.54, 1.807) is 182 Å². The molecule has 0 saturated heterocycles. The maximum atomic E-state index is 17.3. The van der Waals surface area contributed by atoms with Crippen molar-refractivity contribution in [3.05, 3.63) is 205 Å². The van der Waals surface area contributed by atoms with Gasteiger partial charge in [-0.1, -0.05) is 146 Å². The first-order valence-electron chi connectivity index (χ1n) is 16.1. The van der Waals surface area contributed by atoms with Crippen molar-refractivity contribution < 1.29 is 38.9 Å². The van der Waals surface area contributed by atoms with Crippen molar-refractivity contribution in [1.82, 2.24) is 0 Å². The summed E-state index contributed by atoms with van der Waals surface area (Å²) in [5.41, 5.74) is -2.60. The van der Waals surface area contributed by atoms with Gasteiger partial charge in [-0.25, -0.2) is 4.39 Å². The van der Waals surface area contributed by atoms with E-state index >= 15 is 22.0 Å². The zero-order valence-corrected chi connectivity index (χ0v) is 30.5. The number of halogens is 6. The Balaban J connectivity index is 0.00000448. The maximum Gasteiger partial charge on any atom is 0.345 e. The SMILES string of the molecule is FC1=C(C=P(c2ccccc2)(c2ccccc2)c2ccccc2)C(F)(F)C(F)(F)C1=C[P+](c1ccccc1)(c1ccccc1)c1ccccc1.[Br-]. The topological polar surface area (TPSA) is 0 Å². The number of alkyl halides is 4. The van der Waals surface area contributed by atoms with Crippen LogP contribution in [0.3, 0.4) is 0 Å². The molecule has 1 aliphatic carbocycles. The molecule has 0 aliphatic heterocycles. The van der Waals surface area contributed by atoms with Crippen molar-refractivity contribution in [1.29, 1.82) is 0 Å². The molecule has 8 heteroatoms. The van der Waals surface area contributed by atoms with Gasteiger partial charge in [0.2, 0.25) is 0 Å². The van der Waals surface area contributed by atoms with Gasteiger partial charge in [-0.05, 0) is 65.0 Å². The monoisotopic (exact) mass is 784 g/mol. The van der Waals surface area contributed by atoms with Gasteiger partial charge in [0, 0.05) is 0 Å². The Labute approximate surface area is 306 Å². The third kappa shape index (κ3) is 6.18. The van der Waals surface area contributed by atoms with E-state index in [2.05, 4.69) is 0 Å². The fraction of sp³-hybridized carbons (Fsp3) is 0.0465. The summed E-state index contributed by atoms with van der Waals surface area (Å²) >= 11 is 0. The quantitative estimate of drug-likeness (QED) is 0.128. The maximum absolute atomic E-state index is 17.3. The van der Waals surface area contributed by atoms with Crippen LogP contribution in [-0.4, -0.2) is 17.6 Å². The van der Waals surface area contributed by atoms with E-state index in [1.165, 1.54) is 0 Å². The summed E-state index contributed by atoms with van der Waals surface area (Å²) in [5.74, 6) is -9.05. The standard InChI is InChI=1S/C43H32F5P2.BrH/c44-41-39(31-49(33-19-7-1-8-20-33,34-21-9-2-10-22-34)35-23-11-3-12-24-35)42(45,46)43(47,48)40(41)32-50(36-25-13-4-14-26-36,37-27-15-5-16-28-37)38-29-17-6-18-30-38;/h1-32H;1H/q+1;/p-1. The predicted octanol–water partition coefficient (Wildman–Crippen LogP) is 6.17. The Bertz CT molecular complexity index is 2010. The molecular weight excluding hydrogens is 753 g/mol. The third-order valence-electron chi connectivity index (χ3n) is 9.17. The second-order valence-electron chi connectivity index (χ2n) is 12.0. The molecule has 0 radical (unpaired) electrons. The minimum atomic E-state index is -4.85. The molecule has 0 fully saturated rings. The first-order valence-corrected chi connectivity index (χ1v) is 19.8. The molecule has 7 rings (SSSR count). The van der Waals surface area contributed by atoms with Crippen LogP contribution in [0.2, 0.25) is 0 Å². The predicted molar refractivity (Wildman–Crippen MR) is 202 cm³/mol. The van der Waals surface area contributed by atoms with E-state index in [-0.39, 0.29) is 17.0 Å². The molecule has 1 aliphatic rings. The first-order chi connectivity index (χ1) is 24.2. The van der Waals surface area contributed by atoms with E-state index in [1.807, 2.05) is 0 Å². The van der Waals surface area contributed by atoms with Crippen molar-refractivity contribution in [2.75, 3.05) is 0 Å². The average Bonchev–Trinajstić information content (AvgIpc) is 3.29. The second kappa shape index (κ2) is 14.7. The van der Waals surface area contributed by atoms with Gasteiger partial charge < -0.3 is 17.0 Å². The molecule has 256 valence electrons. The summed E-state index contributed by atoms with van der Waals surface area (Å²) in [5, 5.41) is 3.80. The summed E-state index contributed by atoms with van der Waals surface area (Å²) in [6, 6.07) is 53.6. The second-order valence-corrected chi connectivity index (χ2v) is 18.5. The van der Waals surface area contributed by atoms with Gasteiger partial charge in [0.05, 0.1) is 17.0 Å². The molecule has 0 spiro atoms. The zero-order chi connectivity index (χ0) is 34.8. The summed E-state index contributed by atoms with van der Waals surface area (Å²) in [7, 11) is -3.28. The van der Waals surface area contributed by atoms with Crippen molar-refractivity contribution in [3.8, 4) is 0 Å². The molecule has 0 amide bonds. The summed E-state index contributed by atoms with van der Waals surface area (Å²) in [6.07, 6.45) is 0. The van der Waals surface area contributed by atoms with Crippen LogP contribution in [0, 0.1) is 0 Å². The lowest BCUT2D eigenvalue weighted by atomic mass is 10.1. The molecule has 0 bridgehead atoms.